The van der Waals surface area contributed by atoms with Gasteiger partial charge in [-0.15, -0.1) is 0 Å². The summed E-state index contributed by atoms with van der Waals surface area (Å²) in [6.07, 6.45) is 5.49. The van der Waals surface area contributed by atoms with Gasteiger partial charge in [0.1, 0.15) is 0 Å². The Labute approximate surface area is 191 Å². The van der Waals surface area contributed by atoms with Crippen molar-refractivity contribution in [1.29, 1.82) is 0 Å². The average Bonchev–Trinajstić information content (AvgIpc) is 3.23. The fourth-order valence-corrected chi connectivity index (χ4v) is 5.21. The molecule has 1 amide bonds. The normalized spacial score (nSPS) is 25.6. The predicted octanol–water partition coefficient (Wildman–Crippen LogP) is 4.06. The third-order valence-electron chi connectivity index (χ3n) is 6.99. The van der Waals surface area contributed by atoms with E-state index in [9.17, 15) is 4.79 Å². The molecule has 5 nitrogen and oxygen atoms in total. The molecule has 2 aliphatic heterocycles. The Kier molecular flexibility index (Phi) is 6.19. The van der Waals surface area contributed by atoms with E-state index in [1.54, 1.807) is 0 Å². The molecule has 2 atom stereocenters. The molecule has 1 saturated heterocycles. The number of allylic oxidation sites excluding steroid dienone is 1. The van der Waals surface area contributed by atoms with Crippen LogP contribution in [-0.4, -0.2) is 66.2 Å². The highest BCUT2D eigenvalue weighted by Gasteiger charge is 2.43. The van der Waals surface area contributed by atoms with Gasteiger partial charge in [0.05, 0.1) is 18.3 Å². The van der Waals surface area contributed by atoms with E-state index in [-0.39, 0.29) is 17.9 Å². The lowest BCUT2D eigenvalue weighted by molar-refractivity contribution is -0.135. The highest BCUT2D eigenvalue weighted by Crippen LogP contribution is 2.44. The summed E-state index contributed by atoms with van der Waals surface area (Å²) in [4.78, 5) is 18.1. The van der Waals surface area contributed by atoms with Crippen LogP contribution in [0.2, 0.25) is 0 Å². The molecule has 5 rings (SSSR count). The molecule has 0 unspecified atom stereocenters. The first kappa shape index (κ1) is 21.1. The number of nitrogens with zero attached hydrogens (tertiary/aromatic N) is 4. The number of benzene rings is 2. The molecule has 166 valence electrons. The molecule has 2 aromatic carbocycles. The topological polar surface area (TPSA) is 39.1 Å². The predicted molar refractivity (Wildman–Crippen MR) is 129 cm³/mol. The number of piperazine rings is 1. The molecule has 5 heteroatoms. The molecule has 1 saturated carbocycles. The molecule has 0 N–H and O–H groups in total. The maximum absolute atomic E-state index is 13.5. The summed E-state index contributed by atoms with van der Waals surface area (Å²) >= 11 is 0. The molecule has 2 fully saturated rings. The molecule has 0 spiro atoms. The first-order chi connectivity index (χ1) is 15.7. The largest absolute Gasteiger partial charge is 0.304 e. The molecular weight excluding hydrogens is 396 g/mol. The minimum Gasteiger partial charge on any atom is -0.304 e. The standard InChI is InChI=1S/C27H32N4O/c1-29-15-17-30(18-16-29)20-25(32)31-27(22-11-6-3-7-12-22)24-14-8-13-23(26(24)28-31)19-21-9-4-2-5-10-21/h2-7,9-12,19,24,27H,8,13-18,20H2,1H3/b23-19-/t24-,27-/m0/s1. The van der Waals surface area contributed by atoms with Crippen molar-refractivity contribution in [3.05, 3.63) is 77.4 Å². The fourth-order valence-electron chi connectivity index (χ4n) is 5.21. The maximum atomic E-state index is 13.5. The number of hydrogen-bond donors (Lipinski definition) is 0. The minimum absolute atomic E-state index is 0.00867. The number of hydrogen-bond acceptors (Lipinski definition) is 4. The summed E-state index contributed by atoms with van der Waals surface area (Å²) in [6, 6.07) is 20.9. The lowest BCUT2D eigenvalue weighted by Crippen LogP contribution is -2.48. The van der Waals surface area contributed by atoms with Crippen molar-refractivity contribution in [3.63, 3.8) is 0 Å². The number of amides is 1. The summed E-state index contributed by atoms with van der Waals surface area (Å²) in [5, 5.41) is 6.84. The molecule has 0 aromatic heterocycles. The Hall–Kier alpha value is -2.76. The van der Waals surface area contributed by atoms with E-state index in [2.05, 4.69) is 71.5 Å². The van der Waals surface area contributed by atoms with Crippen LogP contribution in [0.15, 0.2) is 71.3 Å². The lowest BCUT2D eigenvalue weighted by Gasteiger charge is -2.34. The van der Waals surface area contributed by atoms with Gasteiger partial charge < -0.3 is 4.90 Å². The first-order valence-corrected chi connectivity index (χ1v) is 11.8. The lowest BCUT2D eigenvalue weighted by atomic mass is 9.77. The second kappa shape index (κ2) is 9.39. The third kappa shape index (κ3) is 4.41. The van der Waals surface area contributed by atoms with Gasteiger partial charge in [-0.1, -0.05) is 60.7 Å². The molecule has 3 aliphatic rings. The second-order valence-corrected chi connectivity index (χ2v) is 9.24. The molecular formula is C27H32N4O. The Balaban J connectivity index is 1.45. The van der Waals surface area contributed by atoms with Gasteiger partial charge in [-0.2, -0.15) is 5.10 Å². The van der Waals surface area contributed by atoms with Crippen molar-refractivity contribution in [2.75, 3.05) is 39.8 Å². The van der Waals surface area contributed by atoms with Gasteiger partial charge in [0, 0.05) is 32.1 Å². The van der Waals surface area contributed by atoms with E-state index < -0.39 is 0 Å². The summed E-state index contributed by atoms with van der Waals surface area (Å²) in [7, 11) is 2.14. The molecule has 0 radical (unpaired) electrons. The van der Waals surface area contributed by atoms with Gasteiger partial charge in [-0.3, -0.25) is 9.69 Å². The van der Waals surface area contributed by atoms with E-state index in [0.29, 0.717) is 6.54 Å². The fraction of sp³-hybridized carbons (Fsp3) is 0.407. The number of likely N-dealkylation sites (N-methyl/N-ethyl adjacent to an activating group) is 1. The minimum atomic E-state index is -0.00867. The number of fused-ring (bicyclic) bond motifs is 1. The van der Waals surface area contributed by atoms with Crippen LogP contribution >= 0.6 is 0 Å². The smallest absolute Gasteiger partial charge is 0.257 e. The molecule has 32 heavy (non-hydrogen) atoms. The molecule has 2 aromatic rings. The summed E-state index contributed by atoms with van der Waals surface area (Å²) in [6.45, 7) is 4.34. The Morgan fingerprint density at radius 1 is 1.00 bits per heavy atom. The van der Waals surface area contributed by atoms with Crippen LogP contribution in [0.5, 0.6) is 0 Å². The van der Waals surface area contributed by atoms with Crippen LogP contribution < -0.4 is 0 Å². The summed E-state index contributed by atoms with van der Waals surface area (Å²) in [5.41, 5.74) is 4.78. The van der Waals surface area contributed by atoms with Gasteiger partial charge in [-0.25, -0.2) is 5.01 Å². The molecule has 0 bridgehead atoms. The number of carbonyl (C=O) groups excluding carboxylic acids is 1. The van der Waals surface area contributed by atoms with Crippen LogP contribution in [-0.2, 0) is 4.79 Å². The van der Waals surface area contributed by atoms with E-state index in [0.717, 1.165) is 51.2 Å². The van der Waals surface area contributed by atoms with E-state index in [4.69, 9.17) is 5.10 Å². The molecule has 2 heterocycles. The van der Waals surface area contributed by atoms with Gasteiger partial charge in [0.2, 0.25) is 0 Å². The van der Waals surface area contributed by atoms with Gasteiger partial charge in [0.15, 0.2) is 0 Å². The number of carbonyl (C=O) groups is 1. The van der Waals surface area contributed by atoms with E-state index in [1.807, 2.05) is 17.1 Å². The van der Waals surface area contributed by atoms with Crippen molar-refractivity contribution in [3.8, 4) is 0 Å². The summed E-state index contributed by atoms with van der Waals surface area (Å²) < 4.78 is 0. The van der Waals surface area contributed by atoms with Gasteiger partial charge >= 0.3 is 0 Å². The highest BCUT2D eigenvalue weighted by atomic mass is 16.2. The zero-order valence-electron chi connectivity index (χ0n) is 18.9. The zero-order valence-corrected chi connectivity index (χ0v) is 18.9. The van der Waals surface area contributed by atoms with Crippen molar-refractivity contribution >= 4 is 17.7 Å². The van der Waals surface area contributed by atoms with Crippen molar-refractivity contribution in [2.45, 2.75) is 25.3 Å². The van der Waals surface area contributed by atoms with Crippen molar-refractivity contribution in [1.82, 2.24) is 14.8 Å². The Morgan fingerprint density at radius 2 is 1.69 bits per heavy atom. The second-order valence-electron chi connectivity index (χ2n) is 9.24. The van der Waals surface area contributed by atoms with Gasteiger partial charge in [-0.05, 0) is 49.1 Å². The Morgan fingerprint density at radius 3 is 2.41 bits per heavy atom. The van der Waals surface area contributed by atoms with Crippen LogP contribution in [0.3, 0.4) is 0 Å². The average molecular weight is 429 g/mol. The maximum Gasteiger partial charge on any atom is 0.257 e. The van der Waals surface area contributed by atoms with Crippen LogP contribution in [0.1, 0.15) is 36.4 Å². The van der Waals surface area contributed by atoms with Crippen LogP contribution in [0.25, 0.3) is 6.08 Å². The third-order valence-corrected chi connectivity index (χ3v) is 6.99. The number of rotatable bonds is 4. The monoisotopic (exact) mass is 428 g/mol. The van der Waals surface area contributed by atoms with Crippen LogP contribution in [0, 0.1) is 5.92 Å². The van der Waals surface area contributed by atoms with Crippen molar-refractivity contribution < 1.29 is 4.79 Å². The van der Waals surface area contributed by atoms with Crippen LogP contribution in [0.4, 0.5) is 0 Å². The quantitative estimate of drug-likeness (QED) is 0.737. The number of hydrazone groups is 1. The molecule has 1 aliphatic carbocycles. The van der Waals surface area contributed by atoms with E-state index in [1.165, 1.54) is 16.7 Å². The highest BCUT2D eigenvalue weighted by molar-refractivity contribution is 6.08. The van der Waals surface area contributed by atoms with E-state index >= 15 is 0 Å². The summed E-state index contributed by atoms with van der Waals surface area (Å²) in [5.74, 6) is 0.377. The van der Waals surface area contributed by atoms with Gasteiger partial charge in [0.25, 0.3) is 5.91 Å². The Bertz CT molecular complexity index is 993. The first-order valence-electron chi connectivity index (χ1n) is 11.8. The SMILES string of the molecule is CN1CCN(CC(=O)N2N=C3/C(=C\c4ccccc4)CCC[C@@H]3[C@@H]2c2ccccc2)CC1. The van der Waals surface area contributed by atoms with Crippen molar-refractivity contribution in [2.24, 2.45) is 11.0 Å². The zero-order chi connectivity index (χ0) is 21.9.